The molecular formula is C7H14O3. The molecule has 1 rings (SSSR count). The van der Waals surface area contributed by atoms with Gasteiger partial charge < -0.3 is 14.9 Å². The summed E-state index contributed by atoms with van der Waals surface area (Å²) >= 11 is 0. The van der Waals surface area contributed by atoms with Gasteiger partial charge in [0.25, 0.3) is 0 Å². The lowest BCUT2D eigenvalue weighted by Gasteiger charge is -2.24. The molecule has 0 aromatic rings. The standard InChI is InChI=1S/C7H14O3/c8-4-3-7(6-9)2-1-5-10-7/h8-9H,1-6H2. The van der Waals surface area contributed by atoms with Gasteiger partial charge in [-0.05, 0) is 12.8 Å². The zero-order valence-corrected chi connectivity index (χ0v) is 6.05. The number of rotatable bonds is 3. The van der Waals surface area contributed by atoms with Gasteiger partial charge in [0.05, 0.1) is 12.2 Å². The molecule has 0 spiro atoms. The molecule has 0 saturated carbocycles. The minimum absolute atomic E-state index is 0.0353. The number of aliphatic hydroxyl groups is 2. The molecule has 0 radical (unpaired) electrons. The summed E-state index contributed by atoms with van der Waals surface area (Å²) in [5, 5.41) is 17.5. The number of hydrogen-bond acceptors (Lipinski definition) is 3. The second kappa shape index (κ2) is 3.32. The SMILES string of the molecule is OCCC1(CO)CCCO1. The third-order valence-electron chi connectivity index (χ3n) is 2.04. The molecule has 0 amide bonds. The highest BCUT2D eigenvalue weighted by Crippen LogP contribution is 2.27. The van der Waals surface area contributed by atoms with E-state index in [1.54, 1.807) is 0 Å². The molecule has 1 heterocycles. The monoisotopic (exact) mass is 146 g/mol. The average Bonchev–Trinajstić information content (AvgIpc) is 2.39. The van der Waals surface area contributed by atoms with Crippen LogP contribution in [0.5, 0.6) is 0 Å². The molecule has 3 nitrogen and oxygen atoms in total. The molecule has 60 valence electrons. The lowest BCUT2D eigenvalue weighted by atomic mass is 9.98. The van der Waals surface area contributed by atoms with E-state index in [0.29, 0.717) is 6.42 Å². The Hall–Kier alpha value is -0.120. The summed E-state index contributed by atoms with van der Waals surface area (Å²) in [7, 11) is 0. The summed E-state index contributed by atoms with van der Waals surface area (Å²) in [5.41, 5.74) is -0.408. The van der Waals surface area contributed by atoms with Crippen LogP contribution < -0.4 is 0 Å². The molecule has 1 fully saturated rings. The van der Waals surface area contributed by atoms with E-state index in [1.165, 1.54) is 0 Å². The normalized spacial score (nSPS) is 33.0. The Kier molecular flexibility index (Phi) is 2.65. The fraction of sp³-hybridized carbons (Fsp3) is 1.00. The van der Waals surface area contributed by atoms with Crippen molar-refractivity contribution in [1.29, 1.82) is 0 Å². The van der Waals surface area contributed by atoms with Crippen LogP contribution in [0.15, 0.2) is 0 Å². The molecule has 1 aliphatic heterocycles. The molecule has 1 atom stereocenters. The maximum atomic E-state index is 8.91. The van der Waals surface area contributed by atoms with Crippen molar-refractivity contribution in [2.75, 3.05) is 19.8 Å². The van der Waals surface area contributed by atoms with E-state index in [1.807, 2.05) is 0 Å². The van der Waals surface area contributed by atoms with Gasteiger partial charge in [-0.25, -0.2) is 0 Å². The zero-order valence-electron chi connectivity index (χ0n) is 6.05. The van der Waals surface area contributed by atoms with Gasteiger partial charge in [0.1, 0.15) is 0 Å². The molecular weight excluding hydrogens is 132 g/mol. The number of hydrogen-bond donors (Lipinski definition) is 2. The third-order valence-corrected chi connectivity index (χ3v) is 2.04. The van der Waals surface area contributed by atoms with Crippen molar-refractivity contribution in [1.82, 2.24) is 0 Å². The van der Waals surface area contributed by atoms with Crippen LogP contribution in [0, 0.1) is 0 Å². The fourth-order valence-electron chi connectivity index (χ4n) is 1.36. The van der Waals surface area contributed by atoms with Crippen LogP contribution in [0.2, 0.25) is 0 Å². The van der Waals surface area contributed by atoms with E-state index >= 15 is 0 Å². The van der Waals surface area contributed by atoms with E-state index in [4.69, 9.17) is 14.9 Å². The van der Waals surface area contributed by atoms with Gasteiger partial charge in [-0.3, -0.25) is 0 Å². The van der Waals surface area contributed by atoms with Gasteiger partial charge in [0.2, 0.25) is 0 Å². The minimum atomic E-state index is -0.408. The summed E-state index contributed by atoms with van der Waals surface area (Å²) in [6.45, 7) is 0.856. The summed E-state index contributed by atoms with van der Waals surface area (Å²) in [6, 6.07) is 0. The Bertz CT molecular complexity index is 97.0. The van der Waals surface area contributed by atoms with Crippen molar-refractivity contribution in [2.45, 2.75) is 24.9 Å². The number of ether oxygens (including phenoxy) is 1. The van der Waals surface area contributed by atoms with Gasteiger partial charge in [-0.1, -0.05) is 0 Å². The first-order chi connectivity index (χ1) is 4.83. The lowest BCUT2D eigenvalue weighted by molar-refractivity contribution is -0.0522. The molecule has 1 unspecified atom stereocenters. The highest BCUT2D eigenvalue weighted by Gasteiger charge is 2.33. The molecule has 3 heteroatoms. The number of aliphatic hydroxyl groups excluding tert-OH is 2. The average molecular weight is 146 g/mol. The first-order valence-corrected chi connectivity index (χ1v) is 3.69. The molecule has 2 N–H and O–H groups in total. The van der Waals surface area contributed by atoms with E-state index in [9.17, 15) is 0 Å². The van der Waals surface area contributed by atoms with E-state index < -0.39 is 5.60 Å². The second-order valence-electron chi connectivity index (χ2n) is 2.77. The Balaban J connectivity index is 2.41. The Morgan fingerprint density at radius 1 is 1.40 bits per heavy atom. The van der Waals surface area contributed by atoms with E-state index in [-0.39, 0.29) is 13.2 Å². The summed E-state index contributed by atoms with van der Waals surface area (Å²) in [5.74, 6) is 0. The highest BCUT2D eigenvalue weighted by atomic mass is 16.5. The largest absolute Gasteiger partial charge is 0.396 e. The van der Waals surface area contributed by atoms with Gasteiger partial charge in [-0.2, -0.15) is 0 Å². The quantitative estimate of drug-likeness (QED) is 0.585. The van der Waals surface area contributed by atoms with Crippen molar-refractivity contribution < 1.29 is 14.9 Å². The minimum Gasteiger partial charge on any atom is -0.396 e. The Morgan fingerprint density at radius 3 is 2.60 bits per heavy atom. The van der Waals surface area contributed by atoms with Crippen molar-refractivity contribution in [3.05, 3.63) is 0 Å². The second-order valence-corrected chi connectivity index (χ2v) is 2.77. The van der Waals surface area contributed by atoms with Crippen LogP contribution in [0.1, 0.15) is 19.3 Å². The van der Waals surface area contributed by atoms with E-state index in [2.05, 4.69) is 0 Å². The maximum absolute atomic E-state index is 8.91. The van der Waals surface area contributed by atoms with Gasteiger partial charge in [0, 0.05) is 19.6 Å². The van der Waals surface area contributed by atoms with Crippen LogP contribution >= 0.6 is 0 Å². The van der Waals surface area contributed by atoms with Crippen molar-refractivity contribution >= 4 is 0 Å². The van der Waals surface area contributed by atoms with Crippen LogP contribution in [0.3, 0.4) is 0 Å². The first kappa shape index (κ1) is 7.98. The van der Waals surface area contributed by atoms with Crippen LogP contribution in [0.25, 0.3) is 0 Å². The Morgan fingerprint density at radius 2 is 2.20 bits per heavy atom. The zero-order chi connectivity index (χ0) is 7.45. The molecule has 1 saturated heterocycles. The third kappa shape index (κ3) is 1.48. The van der Waals surface area contributed by atoms with Gasteiger partial charge in [0.15, 0.2) is 0 Å². The molecule has 0 aromatic carbocycles. The van der Waals surface area contributed by atoms with Crippen molar-refractivity contribution in [3.8, 4) is 0 Å². The predicted octanol–water partition coefficient (Wildman–Crippen LogP) is -0.0897. The maximum Gasteiger partial charge on any atom is 0.0934 e. The summed E-state index contributed by atoms with van der Waals surface area (Å²) in [4.78, 5) is 0. The van der Waals surface area contributed by atoms with Gasteiger partial charge >= 0.3 is 0 Å². The molecule has 0 bridgehead atoms. The summed E-state index contributed by atoms with van der Waals surface area (Å²) < 4.78 is 5.32. The van der Waals surface area contributed by atoms with Crippen LogP contribution in [0.4, 0.5) is 0 Å². The van der Waals surface area contributed by atoms with Gasteiger partial charge in [-0.15, -0.1) is 0 Å². The Labute approximate surface area is 60.6 Å². The lowest BCUT2D eigenvalue weighted by Crippen LogP contribution is -2.33. The highest BCUT2D eigenvalue weighted by molar-refractivity contribution is 4.83. The van der Waals surface area contributed by atoms with Crippen molar-refractivity contribution in [2.24, 2.45) is 0 Å². The van der Waals surface area contributed by atoms with E-state index in [0.717, 1.165) is 19.4 Å². The van der Waals surface area contributed by atoms with Crippen LogP contribution in [-0.4, -0.2) is 35.6 Å². The predicted molar refractivity (Wildman–Crippen MR) is 36.7 cm³/mol. The van der Waals surface area contributed by atoms with Crippen molar-refractivity contribution in [3.63, 3.8) is 0 Å². The first-order valence-electron chi connectivity index (χ1n) is 3.69. The molecule has 1 aliphatic rings. The van der Waals surface area contributed by atoms with Crippen LogP contribution in [-0.2, 0) is 4.74 Å². The fourth-order valence-corrected chi connectivity index (χ4v) is 1.36. The molecule has 10 heavy (non-hydrogen) atoms. The smallest absolute Gasteiger partial charge is 0.0934 e. The summed E-state index contributed by atoms with van der Waals surface area (Å²) in [6.07, 6.45) is 2.44. The molecule has 0 aromatic heterocycles. The topological polar surface area (TPSA) is 49.7 Å². The molecule has 0 aliphatic carbocycles.